The van der Waals surface area contributed by atoms with E-state index in [0.717, 1.165) is 12.0 Å². The van der Waals surface area contributed by atoms with Crippen molar-refractivity contribution in [3.8, 4) is 11.5 Å². The van der Waals surface area contributed by atoms with Crippen LogP contribution < -0.4 is 9.05 Å². The van der Waals surface area contributed by atoms with Gasteiger partial charge in [-0.2, -0.15) is 0 Å². The topological polar surface area (TPSA) is 54.0 Å². The van der Waals surface area contributed by atoms with E-state index in [9.17, 15) is 4.57 Å². The van der Waals surface area contributed by atoms with Crippen LogP contribution in [0.4, 0.5) is 0 Å². The summed E-state index contributed by atoms with van der Waals surface area (Å²) in [5, 5.41) is 0.173. The highest BCUT2D eigenvalue weighted by Gasteiger charge is 2.37. The van der Waals surface area contributed by atoms with Crippen molar-refractivity contribution in [3.63, 3.8) is 0 Å². The van der Waals surface area contributed by atoms with Crippen LogP contribution in [0.15, 0.2) is 84.5 Å². The zero-order chi connectivity index (χ0) is 26.1. The quantitative estimate of drug-likeness (QED) is 0.151. The van der Waals surface area contributed by atoms with Gasteiger partial charge in [-0.15, -0.1) is 0 Å². The summed E-state index contributed by atoms with van der Waals surface area (Å²) in [6, 6.07) is 17.8. The minimum absolute atomic E-state index is 0.173. The monoisotopic (exact) mass is 516 g/mol. The molecule has 0 fully saturated rings. The normalized spacial score (nSPS) is 13.9. The second-order valence-electron chi connectivity index (χ2n) is 10.4. The molecule has 0 heterocycles. The van der Waals surface area contributed by atoms with Crippen molar-refractivity contribution in [2.75, 3.05) is 6.61 Å². The van der Waals surface area contributed by atoms with Gasteiger partial charge in [0.15, 0.2) is 8.32 Å². The van der Waals surface area contributed by atoms with Gasteiger partial charge >= 0.3 is 7.82 Å². The van der Waals surface area contributed by atoms with Crippen LogP contribution in [0.2, 0.25) is 18.1 Å². The molecule has 2 rings (SSSR count). The first-order chi connectivity index (χ1) is 16.3. The maximum atomic E-state index is 13.8. The molecule has 0 saturated carbocycles. The molecule has 0 aliphatic carbocycles. The zero-order valence-corrected chi connectivity index (χ0v) is 24.1. The van der Waals surface area contributed by atoms with E-state index in [1.54, 1.807) is 48.5 Å². The Hall–Kier alpha value is -2.11. The molecule has 5 nitrogen and oxygen atoms in total. The van der Waals surface area contributed by atoms with Gasteiger partial charge in [0.25, 0.3) is 0 Å². The largest absolute Gasteiger partial charge is 0.588 e. The molecule has 35 heavy (non-hydrogen) atoms. The van der Waals surface area contributed by atoms with E-state index < -0.39 is 22.2 Å². The minimum Gasteiger partial charge on any atom is -0.413 e. The Morgan fingerprint density at radius 2 is 1.46 bits per heavy atom. The minimum atomic E-state index is -3.99. The Kier molecular flexibility index (Phi) is 10.6. The predicted molar refractivity (Wildman–Crippen MR) is 148 cm³/mol. The van der Waals surface area contributed by atoms with Gasteiger partial charge in [0.1, 0.15) is 11.5 Å². The van der Waals surface area contributed by atoms with E-state index in [2.05, 4.69) is 53.4 Å². The molecule has 0 amide bonds. The van der Waals surface area contributed by atoms with Crippen LogP contribution in [0.25, 0.3) is 0 Å². The first-order valence-electron chi connectivity index (χ1n) is 12.0. The van der Waals surface area contributed by atoms with Gasteiger partial charge in [-0.3, -0.25) is 4.52 Å². The molecule has 0 saturated heterocycles. The molecule has 1 unspecified atom stereocenters. The van der Waals surface area contributed by atoms with Gasteiger partial charge in [-0.1, -0.05) is 81.0 Å². The number of hydrogen-bond donors (Lipinski definition) is 0. The summed E-state index contributed by atoms with van der Waals surface area (Å²) in [6.45, 7) is 19.8. The lowest BCUT2D eigenvalue weighted by Crippen LogP contribution is -2.40. The molecule has 2 aromatic carbocycles. The number of benzene rings is 2. The standard InChI is InChI=1S/C28H41O5PSi/c1-23(2)27(20-19-24(3)21-22-30-35(7,8)28(4,5)6)33-34(29,31-25-15-11-9-12-16-25)32-26-17-13-10-14-18-26/h9-18,21,27H,1,19-20,22H2,2-8H3/b24-21+. The van der Waals surface area contributed by atoms with Gasteiger partial charge in [-0.25, -0.2) is 4.57 Å². The summed E-state index contributed by atoms with van der Waals surface area (Å²) in [4.78, 5) is 0. The van der Waals surface area contributed by atoms with Crippen molar-refractivity contribution in [1.29, 1.82) is 0 Å². The Morgan fingerprint density at radius 1 is 0.971 bits per heavy atom. The van der Waals surface area contributed by atoms with Gasteiger partial charge in [0, 0.05) is 0 Å². The Labute approximate surface area is 212 Å². The molecule has 0 spiro atoms. The average Bonchev–Trinajstić information content (AvgIpc) is 2.77. The van der Waals surface area contributed by atoms with Crippen LogP contribution in [-0.4, -0.2) is 21.0 Å². The smallest absolute Gasteiger partial charge is 0.413 e. The molecule has 7 heteroatoms. The zero-order valence-electron chi connectivity index (χ0n) is 22.2. The molecule has 192 valence electrons. The van der Waals surface area contributed by atoms with Crippen LogP contribution in [-0.2, 0) is 13.5 Å². The summed E-state index contributed by atoms with van der Waals surface area (Å²) < 4.78 is 37.6. The summed E-state index contributed by atoms with van der Waals surface area (Å²) in [5.74, 6) is 0.817. The van der Waals surface area contributed by atoms with Crippen LogP contribution in [0, 0.1) is 0 Å². The third-order valence-corrected chi connectivity index (χ3v) is 12.1. The Morgan fingerprint density at radius 3 is 1.89 bits per heavy atom. The molecule has 2 aromatic rings. The highest BCUT2D eigenvalue weighted by atomic mass is 31.2. The number of phosphoric acid groups is 1. The predicted octanol–water partition coefficient (Wildman–Crippen LogP) is 8.96. The fraction of sp³-hybridized carbons (Fsp3) is 0.429. The second-order valence-corrected chi connectivity index (χ2v) is 16.6. The molecular weight excluding hydrogens is 475 g/mol. The lowest BCUT2D eigenvalue weighted by Gasteiger charge is -2.35. The third kappa shape index (κ3) is 9.81. The summed E-state index contributed by atoms with van der Waals surface area (Å²) in [5.41, 5.74) is 1.94. The van der Waals surface area contributed by atoms with E-state index in [1.165, 1.54) is 5.57 Å². The van der Waals surface area contributed by atoms with Gasteiger partial charge in [-0.05, 0) is 69.1 Å². The van der Waals surface area contributed by atoms with Crippen LogP contribution in [0.1, 0.15) is 47.5 Å². The Balaban J connectivity index is 2.09. The molecule has 0 aromatic heterocycles. The lowest BCUT2D eigenvalue weighted by atomic mass is 10.0. The SMILES string of the molecule is C=C(C)C(CC/C(C)=C/CO[Si](C)(C)C(C)(C)C)OP(=O)(Oc1ccccc1)Oc1ccccc1. The van der Waals surface area contributed by atoms with Crippen LogP contribution >= 0.6 is 7.82 Å². The van der Waals surface area contributed by atoms with Crippen molar-refractivity contribution in [2.24, 2.45) is 0 Å². The van der Waals surface area contributed by atoms with Crippen molar-refractivity contribution in [1.82, 2.24) is 0 Å². The van der Waals surface area contributed by atoms with E-state index >= 15 is 0 Å². The Bertz CT molecular complexity index is 967. The van der Waals surface area contributed by atoms with E-state index in [-0.39, 0.29) is 5.04 Å². The summed E-state index contributed by atoms with van der Waals surface area (Å²) in [7, 11) is -5.79. The summed E-state index contributed by atoms with van der Waals surface area (Å²) in [6.07, 6.45) is 2.96. The molecule has 0 aliphatic rings. The average molecular weight is 517 g/mol. The molecule has 1 atom stereocenters. The molecule has 0 N–H and O–H groups in total. The number of hydrogen-bond acceptors (Lipinski definition) is 5. The lowest BCUT2D eigenvalue weighted by molar-refractivity contribution is 0.158. The number of rotatable bonds is 13. The van der Waals surface area contributed by atoms with Crippen molar-refractivity contribution >= 4 is 16.1 Å². The van der Waals surface area contributed by atoms with Crippen molar-refractivity contribution < 1.29 is 22.6 Å². The third-order valence-electron chi connectivity index (χ3n) is 6.21. The maximum absolute atomic E-state index is 13.8. The van der Waals surface area contributed by atoms with Crippen LogP contribution in [0.3, 0.4) is 0 Å². The molecule has 0 bridgehead atoms. The number of allylic oxidation sites excluding steroid dienone is 1. The van der Waals surface area contributed by atoms with Gasteiger partial charge in [0.05, 0.1) is 12.7 Å². The van der Waals surface area contributed by atoms with E-state index in [4.69, 9.17) is 18.0 Å². The number of para-hydroxylation sites is 2. The van der Waals surface area contributed by atoms with Gasteiger partial charge < -0.3 is 13.5 Å². The first kappa shape index (κ1) is 29.1. The highest BCUT2D eigenvalue weighted by Crippen LogP contribution is 2.51. The molecular formula is C28H41O5PSi. The van der Waals surface area contributed by atoms with Crippen molar-refractivity contribution in [3.05, 3.63) is 84.5 Å². The highest BCUT2D eigenvalue weighted by molar-refractivity contribution is 7.49. The van der Waals surface area contributed by atoms with E-state index in [0.29, 0.717) is 24.5 Å². The van der Waals surface area contributed by atoms with Gasteiger partial charge in [0.2, 0.25) is 0 Å². The first-order valence-corrected chi connectivity index (χ1v) is 16.4. The molecule has 0 radical (unpaired) electrons. The molecule has 0 aliphatic heterocycles. The second kappa shape index (κ2) is 12.7. The van der Waals surface area contributed by atoms with Crippen LogP contribution in [0.5, 0.6) is 11.5 Å². The summed E-state index contributed by atoms with van der Waals surface area (Å²) >= 11 is 0. The maximum Gasteiger partial charge on any atom is 0.588 e. The van der Waals surface area contributed by atoms with E-state index in [1.807, 2.05) is 19.1 Å². The number of phosphoric ester groups is 1. The fourth-order valence-corrected chi connectivity index (χ4v) is 5.31. The fourth-order valence-electron chi connectivity index (χ4n) is 2.90. The van der Waals surface area contributed by atoms with Crippen molar-refractivity contribution in [2.45, 2.75) is 71.7 Å².